The number of aliphatic hydroxyl groups is 1. The van der Waals surface area contributed by atoms with E-state index in [0.29, 0.717) is 12.2 Å². The zero-order valence-corrected chi connectivity index (χ0v) is 15.7. The number of carbonyl (C=O) groups is 1. The molecule has 0 bridgehead atoms. The molecular formula is C22H25NO4. The van der Waals surface area contributed by atoms with Gasteiger partial charge in [-0.3, -0.25) is 4.79 Å². The molecule has 0 aromatic heterocycles. The first-order chi connectivity index (χ1) is 12.9. The van der Waals surface area contributed by atoms with E-state index in [0.717, 1.165) is 29.7 Å². The smallest absolute Gasteiger partial charge is 0.258 e. The molecule has 2 aromatic rings. The van der Waals surface area contributed by atoms with Gasteiger partial charge < -0.3 is 19.9 Å². The first-order valence-corrected chi connectivity index (χ1v) is 9.36. The summed E-state index contributed by atoms with van der Waals surface area (Å²) in [7, 11) is 0. The van der Waals surface area contributed by atoms with E-state index in [9.17, 15) is 9.90 Å². The number of amides is 1. The molecule has 1 heterocycles. The zero-order chi connectivity index (χ0) is 19.1. The molecule has 27 heavy (non-hydrogen) atoms. The first kappa shape index (κ1) is 17.9. The van der Waals surface area contributed by atoms with Crippen LogP contribution in [0, 0.1) is 0 Å². The van der Waals surface area contributed by atoms with Crippen molar-refractivity contribution < 1.29 is 19.4 Å². The second kappa shape index (κ2) is 6.57. The topological polar surface area (TPSA) is 67.8 Å². The summed E-state index contributed by atoms with van der Waals surface area (Å²) in [5.41, 5.74) is 2.26. The van der Waals surface area contributed by atoms with E-state index in [4.69, 9.17) is 9.47 Å². The summed E-state index contributed by atoms with van der Waals surface area (Å²) < 4.78 is 11.8. The molecule has 0 saturated carbocycles. The number of fused-ring (bicyclic) bond motifs is 2. The van der Waals surface area contributed by atoms with Gasteiger partial charge in [-0.25, -0.2) is 0 Å². The Bertz CT molecular complexity index is 876. The van der Waals surface area contributed by atoms with Gasteiger partial charge in [0.15, 0.2) is 18.1 Å². The summed E-state index contributed by atoms with van der Waals surface area (Å²) in [6.07, 6.45) is 2.34. The number of hydrogen-bond acceptors (Lipinski definition) is 4. The highest BCUT2D eigenvalue weighted by Gasteiger charge is 2.39. The van der Waals surface area contributed by atoms with Crippen LogP contribution in [-0.2, 0) is 23.2 Å². The number of benzene rings is 2. The maximum Gasteiger partial charge on any atom is 0.258 e. The quantitative estimate of drug-likeness (QED) is 0.853. The molecule has 2 N–H and O–H groups in total. The Hall–Kier alpha value is -2.53. The lowest BCUT2D eigenvalue weighted by Gasteiger charge is -2.29. The van der Waals surface area contributed by atoms with Crippen molar-refractivity contribution in [2.75, 3.05) is 13.2 Å². The van der Waals surface area contributed by atoms with Gasteiger partial charge >= 0.3 is 0 Å². The summed E-state index contributed by atoms with van der Waals surface area (Å²) in [6.45, 7) is 3.82. The van der Waals surface area contributed by atoms with Crippen molar-refractivity contribution >= 4 is 5.91 Å². The summed E-state index contributed by atoms with van der Waals surface area (Å²) in [5.74, 6) is 1.05. The van der Waals surface area contributed by atoms with Gasteiger partial charge in [0.25, 0.3) is 5.91 Å². The fourth-order valence-corrected chi connectivity index (χ4v) is 4.17. The van der Waals surface area contributed by atoms with Gasteiger partial charge in [-0.1, -0.05) is 36.4 Å². The van der Waals surface area contributed by atoms with E-state index in [2.05, 4.69) is 5.32 Å². The lowest BCUT2D eigenvalue weighted by Crippen LogP contribution is -2.48. The van der Waals surface area contributed by atoms with Gasteiger partial charge in [-0.2, -0.15) is 0 Å². The van der Waals surface area contributed by atoms with Crippen LogP contribution in [0.2, 0.25) is 0 Å². The van der Waals surface area contributed by atoms with Crippen LogP contribution in [0.4, 0.5) is 0 Å². The first-order valence-electron chi connectivity index (χ1n) is 9.36. The van der Waals surface area contributed by atoms with E-state index in [1.807, 2.05) is 56.3 Å². The Labute approximate surface area is 159 Å². The Morgan fingerprint density at radius 2 is 1.96 bits per heavy atom. The van der Waals surface area contributed by atoms with Crippen molar-refractivity contribution in [3.05, 3.63) is 59.2 Å². The zero-order valence-electron chi connectivity index (χ0n) is 15.7. The minimum Gasteiger partial charge on any atom is -0.483 e. The molecule has 1 aliphatic heterocycles. The largest absolute Gasteiger partial charge is 0.483 e. The van der Waals surface area contributed by atoms with Crippen molar-refractivity contribution in [3.8, 4) is 11.5 Å². The summed E-state index contributed by atoms with van der Waals surface area (Å²) >= 11 is 0. The SMILES string of the molecule is CC1(C)Cc2cccc(OCC(=O)N[C@]3(CO)CCc4ccccc43)c2O1. The molecule has 142 valence electrons. The molecular weight excluding hydrogens is 342 g/mol. The molecule has 0 saturated heterocycles. The Kier molecular flexibility index (Phi) is 4.35. The predicted molar refractivity (Wildman–Crippen MR) is 102 cm³/mol. The summed E-state index contributed by atoms with van der Waals surface area (Å²) in [6, 6.07) is 13.7. The standard InChI is InChI=1S/C22H25NO4/c1-21(2)12-16-7-5-9-18(20(16)27-21)26-13-19(25)23-22(14-24)11-10-15-6-3-4-8-17(15)22/h3-9,24H,10-14H2,1-2H3,(H,23,25)/t22-/m0/s1. The monoisotopic (exact) mass is 367 g/mol. The molecule has 1 atom stereocenters. The number of para-hydroxylation sites is 1. The van der Waals surface area contributed by atoms with E-state index >= 15 is 0 Å². The average Bonchev–Trinajstić information content (AvgIpc) is 3.17. The Balaban J connectivity index is 1.45. The van der Waals surface area contributed by atoms with Gasteiger partial charge in [0, 0.05) is 12.0 Å². The van der Waals surface area contributed by atoms with Crippen LogP contribution >= 0.6 is 0 Å². The van der Waals surface area contributed by atoms with Crippen LogP contribution < -0.4 is 14.8 Å². The second-order valence-electron chi connectivity index (χ2n) is 8.02. The number of hydrogen-bond donors (Lipinski definition) is 2. The average molecular weight is 367 g/mol. The third-order valence-corrected chi connectivity index (χ3v) is 5.42. The summed E-state index contributed by atoms with van der Waals surface area (Å²) in [5, 5.41) is 13.0. The molecule has 0 spiro atoms. The third-order valence-electron chi connectivity index (χ3n) is 5.42. The number of nitrogens with one attached hydrogen (secondary N) is 1. The van der Waals surface area contributed by atoms with Crippen molar-refractivity contribution in [1.29, 1.82) is 0 Å². The molecule has 1 amide bonds. The van der Waals surface area contributed by atoms with Gasteiger partial charge in [-0.15, -0.1) is 0 Å². The maximum atomic E-state index is 12.6. The lowest BCUT2D eigenvalue weighted by atomic mass is 9.92. The highest BCUT2D eigenvalue weighted by atomic mass is 16.5. The highest BCUT2D eigenvalue weighted by Crippen LogP contribution is 2.42. The molecule has 0 fully saturated rings. The Morgan fingerprint density at radius 3 is 2.78 bits per heavy atom. The predicted octanol–water partition coefficient (Wildman–Crippen LogP) is 2.73. The van der Waals surface area contributed by atoms with Gasteiger partial charge in [0.05, 0.1) is 12.1 Å². The van der Waals surface area contributed by atoms with E-state index in [-0.39, 0.29) is 24.7 Å². The normalized spacial score (nSPS) is 21.9. The van der Waals surface area contributed by atoms with Crippen LogP contribution in [0.1, 0.15) is 37.0 Å². The van der Waals surface area contributed by atoms with E-state index in [1.54, 1.807) is 0 Å². The summed E-state index contributed by atoms with van der Waals surface area (Å²) in [4.78, 5) is 12.6. The van der Waals surface area contributed by atoms with Gasteiger partial charge in [0.1, 0.15) is 5.60 Å². The number of aryl methyl sites for hydroxylation is 1. The van der Waals surface area contributed by atoms with Crippen LogP contribution in [-0.4, -0.2) is 29.8 Å². The second-order valence-corrected chi connectivity index (χ2v) is 8.02. The fourth-order valence-electron chi connectivity index (χ4n) is 4.17. The Morgan fingerprint density at radius 1 is 1.19 bits per heavy atom. The molecule has 2 aromatic carbocycles. The van der Waals surface area contributed by atoms with Crippen LogP contribution in [0.3, 0.4) is 0 Å². The van der Waals surface area contributed by atoms with Gasteiger partial charge in [-0.05, 0) is 43.9 Å². The number of aliphatic hydroxyl groups excluding tert-OH is 1. The van der Waals surface area contributed by atoms with Crippen molar-refractivity contribution in [2.45, 2.75) is 44.2 Å². The number of ether oxygens (including phenoxy) is 2. The molecule has 5 heteroatoms. The van der Waals surface area contributed by atoms with Crippen LogP contribution in [0.5, 0.6) is 11.5 Å². The highest BCUT2D eigenvalue weighted by molar-refractivity contribution is 5.79. The van der Waals surface area contributed by atoms with E-state index in [1.165, 1.54) is 5.56 Å². The molecule has 5 nitrogen and oxygen atoms in total. The van der Waals surface area contributed by atoms with Crippen LogP contribution in [0.15, 0.2) is 42.5 Å². The minimum atomic E-state index is -0.728. The fraction of sp³-hybridized carbons (Fsp3) is 0.409. The lowest BCUT2D eigenvalue weighted by molar-refractivity contribution is -0.125. The van der Waals surface area contributed by atoms with Crippen LogP contribution in [0.25, 0.3) is 0 Å². The third kappa shape index (κ3) is 3.28. The van der Waals surface area contributed by atoms with Crippen molar-refractivity contribution in [3.63, 3.8) is 0 Å². The molecule has 0 unspecified atom stereocenters. The van der Waals surface area contributed by atoms with Crippen molar-refractivity contribution in [2.24, 2.45) is 0 Å². The van der Waals surface area contributed by atoms with Gasteiger partial charge in [0.2, 0.25) is 0 Å². The van der Waals surface area contributed by atoms with E-state index < -0.39 is 5.54 Å². The minimum absolute atomic E-state index is 0.121. The molecule has 4 rings (SSSR count). The number of carbonyl (C=O) groups excluding carboxylic acids is 1. The maximum absolute atomic E-state index is 12.6. The molecule has 1 aliphatic carbocycles. The number of rotatable bonds is 5. The molecule has 0 radical (unpaired) electrons. The molecule has 2 aliphatic rings. The van der Waals surface area contributed by atoms with Crippen molar-refractivity contribution in [1.82, 2.24) is 5.32 Å².